The van der Waals surface area contributed by atoms with Crippen molar-refractivity contribution in [1.82, 2.24) is 25.7 Å². The van der Waals surface area contributed by atoms with Crippen molar-refractivity contribution in [1.29, 1.82) is 0 Å². The van der Waals surface area contributed by atoms with Crippen LogP contribution < -0.4 is 15.4 Å². The summed E-state index contributed by atoms with van der Waals surface area (Å²) in [4.78, 5) is 11.6. The zero-order valence-corrected chi connectivity index (χ0v) is 19.6. The predicted molar refractivity (Wildman–Crippen MR) is 124 cm³/mol. The van der Waals surface area contributed by atoms with Crippen molar-refractivity contribution >= 4 is 5.96 Å². The summed E-state index contributed by atoms with van der Waals surface area (Å²) in [6.45, 7) is 10.5. The Morgan fingerprint density at radius 1 is 1.19 bits per heavy atom. The number of aromatic nitrogens is 2. The van der Waals surface area contributed by atoms with E-state index in [-0.39, 0.29) is 12.1 Å². The molecule has 0 aliphatic carbocycles. The minimum Gasteiger partial charge on any atom is -0.497 e. The van der Waals surface area contributed by atoms with Crippen LogP contribution in [0.2, 0.25) is 0 Å². The number of nitrogens with one attached hydrogen (secondary N) is 2. The molecule has 2 N–H and O–H groups in total. The molecule has 2 atom stereocenters. The third-order valence-electron chi connectivity index (χ3n) is 5.53. The van der Waals surface area contributed by atoms with Crippen LogP contribution in [-0.2, 0) is 11.3 Å². The van der Waals surface area contributed by atoms with Crippen molar-refractivity contribution in [2.24, 2.45) is 4.99 Å². The molecule has 9 nitrogen and oxygen atoms in total. The smallest absolute Gasteiger partial charge is 0.248 e. The first-order valence-corrected chi connectivity index (χ1v) is 11.5. The van der Waals surface area contributed by atoms with E-state index in [1.807, 2.05) is 32.9 Å². The van der Waals surface area contributed by atoms with Gasteiger partial charge in [-0.2, -0.15) is 4.98 Å². The van der Waals surface area contributed by atoms with Gasteiger partial charge in [0.05, 0.1) is 13.2 Å². The Morgan fingerprint density at radius 3 is 2.59 bits per heavy atom. The third-order valence-corrected chi connectivity index (χ3v) is 5.53. The molecule has 32 heavy (non-hydrogen) atoms. The normalized spacial score (nSPS) is 16.7. The van der Waals surface area contributed by atoms with Crippen LogP contribution in [0.3, 0.4) is 0 Å². The van der Waals surface area contributed by atoms with Gasteiger partial charge in [-0.3, -0.25) is 4.90 Å². The van der Waals surface area contributed by atoms with Gasteiger partial charge in [0.2, 0.25) is 5.89 Å². The Kier molecular flexibility index (Phi) is 9.30. The number of nitrogens with zero attached hydrogens (tertiary/aromatic N) is 4. The van der Waals surface area contributed by atoms with Gasteiger partial charge in [0.15, 0.2) is 11.8 Å². The molecule has 2 unspecified atom stereocenters. The van der Waals surface area contributed by atoms with Crippen LogP contribution in [0, 0.1) is 0 Å². The number of guanidine groups is 1. The molecule has 1 aromatic carbocycles. The van der Waals surface area contributed by atoms with Crippen molar-refractivity contribution < 1.29 is 14.0 Å². The fourth-order valence-corrected chi connectivity index (χ4v) is 3.84. The Balaban J connectivity index is 1.66. The number of hydrogen-bond donors (Lipinski definition) is 2. The van der Waals surface area contributed by atoms with Gasteiger partial charge in [0, 0.05) is 19.7 Å². The van der Waals surface area contributed by atoms with Crippen LogP contribution >= 0.6 is 0 Å². The van der Waals surface area contributed by atoms with Crippen LogP contribution in [0.25, 0.3) is 0 Å². The van der Waals surface area contributed by atoms with Gasteiger partial charge < -0.3 is 24.6 Å². The zero-order chi connectivity index (χ0) is 22.8. The van der Waals surface area contributed by atoms with E-state index in [0.29, 0.717) is 24.9 Å². The average Bonchev–Trinajstić information content (AvgIpc) is 3.51. The molecular formula is C23H36N6O3. The SMILES string of the molecule is CCNC(=NCc1nc(C(C)OCC)no1)NCC(c1ccc(OC)cc1)N1CCCC1. The van der Waals surface area contributed by atoms with Gasteiger partial charge in [-0.15, -0.1) is 0 Å². The molecule has 0 bridgehead atoms. The third kappa shape index (κ3) is 6.67. The molecule has 1 aliphatic heterocycles. The Bertz CT molecular complexity index is 833. The molecule has 1 aliphatic rings. The van der Waals surface area contributed by atoms with Gasteiger partial charge in [-0.25, -0.2) is 4.99 Å². The van der Waals surface area contributed by atoms with Gasteiger partial charge >= 0.3 is 0 Å². The van der Waals surface area contributed by atoms with Crippen molar-refractivity contribution in [3.05, 3.63) is 41.5 Å². The van der Waals surface area contributed by atoms with E-state index in [4.69, 9.17) is 14.0 Å². The van der Waals surface area contributed by atoms with Crippen LogP contribution in [0.1, 0.15) is 63.0 Å². The highest BCUT2D eigenvalue weighted by Crippen LogP contribution is 2.26. The van der Waals surface area contributed by atoms with Gasteiger partial charge in [-0.1, -0.05) is 17.3 Å². The van der Waals surface area contributed by atoms with Crippen molar-refractivity contribution in [3.8, 4) is 5.75 Å². The van der Waals surface area contributed by atoms with Crippen LogP contribution in [0.5, 0.6) is 5.75 Å². The molecule has 2 aromatic rings. The number of hydrogen-bond acceptors (Lipinski definition) is 7. The number of aliphatic imine (C=N–C) groups is 1. The molecule has 1 fully saturated rings. The second-order valence-electron chi connectivity index (χ2n) is 7.75. The number of methoxy groups -OCH3 is 1. The average molecular weight is 445 g/mol. The van der Waals surface area contributed by atoms with E-state index in [9.17, 15) is 0 Å². The minimum atomic E-state index is -0.196. The predicted octanol–water partition coefficient (Wildman–Crippen LogP) is 3.07. The van der Waals surface area contributed by atoms with E-state index in [2.05, 4.69) is 42.8 Å². The highest BCUT2D eigenvalue weighted by Gasteiger charge is 2.24. The Labute approximate surface area is 190 Å². The molecule has 176 valence electrons. The number of ether oxygens (including phenoxy) is 2. The molecular weight excluding hydrogens is 408 g/mol. The number of benzene rings is 1. The summed E-state index contributed by atoms with van der Waals surface area (Å²) < 4.78 is 16.2. The number of likely N-dealkylation sites (tertiary alicyclic amines) is 1. The first-order chi connectivity index (χ1) is 15.6. The molecule has 2 heterocycles. The molecule has 9 heteroatoms. The lowest BCUT2D eigenvalue weighted by Gasteiger charge is -2.29. The van der Waals surface area contributed by atoms with E-state index in [0.717, 1.165) is 37.9 Å². The largest absolute Gasteiger partial charge is 0.497 e. The fourth-order valence-electron chi connectivity index (χ4n) is 3.84. The lowest BCUT2D eigenvalue weighted by Crippen LogP contribution is -2.42. The standard InChI is InChI=1S/C23H36N6O3/c1-5-24-23(26-16-21-27-22(28-32-21)17(3)31-6-2)25-15-20(29-13-7-8-14-29)18-9-11-19(30-4)12-10-18/h9-12,17,20H,5-8,13-16H2,1-4H3,(H2,24,25,26). The molecule has 0 radical (unpaired) electrons. The van der Waals surface area contributed by atoms with E-state index < -0.39 is 0 Å². The molecule has 1 saturated heterocycles. The first kappa shape index (κ1) is 24.0. The molecule has 0 saturated carbocycles. The summed E-state index contributed by atoms with van der Waals surface area (Å²) in [5, 5.41) is 10.8. The van der Waals surface area contributed by atoms with E-state index in [1.165, 1.54) is 18.4 Å². The summed E-state index contributed by atoms with van der Waals surface area (Å²) in [7, 11) is 1.69. The topological polar surface area (TPSA) is 97.0 Å². The number of rotatable bonds is 11. The molecule has 1 aromatic heterocycles. The highest BCUT2D eigenvalue weighted by molar-refractivity contribution is 5.79. The monoisotopic (exact) mass is 444 g/mol. The van der Waals surface area contributed by atoms with Crippen LogP contribution in [0.4, 0.5) is 0 Å². The zero-order valence-electron chi connectivity index (χ0n) is 19.6. The summed E-state index contributed by atoms with van der Waals surface area (Å²) in [5.41, 5.74) is 1.27. The van der Waals surface area contributed by atoms with Gasteiger partial charge in [0.1, 0.15) is 18.4 Å². The van der Waals surface area contributed by atoms with Crippen LogP contribution in [0.15, 0.2) is 33.8 Å². The minimum absolute atomic E-state index is 0.196. The van der Waals surface area contributed by atoms with Gasteiger partial charge in [-0.05, 0) is 64.4 Å². The molecule has 3 rings (SSSR count). The summed E-state index contributed by atoms with van der Waals surface area (Å²) in [6, 6.07) is 8.59. The van der Waals surface area contributed by atoms with Crippen molar-refractivity contribution in [2.75, 3.05) is 39.9 Å². The summed E-state index contributed by atoms with van der Waals surface area (Å²) in [5.74, 6) is 2.61. The maximum atomic E-state index is 5.52. The highest BCUT2D eigenvalue weighted by atomic mass is 16.5. The summed E-state index contributed by atoms with van der Waals surface area (Å²) in [6.07, 6.45) is 2.28. The molecule has 0 amide bonds. The fraction of sp³-hybridized carbons (Fsp3) is 0.609. The van der Waals surface area contributed by atoms with Crippen LogP contribution in [-0.4, -0.2) is 60.9 Å². The van der Waals surface area contributed by atoms with E-state index in [1.54, 1.807) is 7.11 Å². The molecule has 0 spiro atoms. The van der Waals surface area contributed by atoms with Crippen molar-refractivity contribution in [3.63, 3.8) is 0 Å². The maximum Gasteiger partial charge on any atom is 0.248 e. The Morgan fingerprint density at radius 2 is 1.94 bits per heavy atom. The van der Waals surface area contributed by atoms with Crippen molar-refractivity contribution in [2.45, 2.75) is 52.3 Å². The second kappa shape index (κ2) is 12.4. The van der Waals surface area contributed by atoms with Gasteiger partial charge in [0.25, 0.3) is 0 Å². The lowest BCUT2D eigenvalue weighted by atomic mass is 10.1. The second-order valence-corrected chi connectivity index (χ2v) is 7.75. The van der Waals surface area contributed by atoms with E-state index >= 15 is 0 Å². The summed E-state index contributed by atoms with van der Waals surface area (Å²) >= 11 is 0. The first-order valence-electron chi connectivity index (χ1n) is 11.5. The lowest BCUT2D eigenvalue weighted by molar-refractivity contribution is 0.0683. The Hall–Kier alpha value is -2.65. The maximum absolute atomic E-state index is 5.52. The quantitative estimate of drug-likeness (QED) is 0.403.